The highest BCUT2D eigenvalue weighted by Gasteiger charge is 2.28. The van der Waals surface area contributed by atoms with E-state index in [9.17, 15) is 9.59 Å². The number of carbonyl (C=O) groups is 2. The molecule has 5 heteroatoms. The molecule has 2 heterocycles. The van der Waals surface area contributed by atoms with Crippen molar-refractivity contribution in [2.75, 3.05) is 37.7 Å². The van der Waals surface area contributed by atoms with Crippen LogP contribution in [0.5, 0.6) is 0 Å². The second-order valence-electron chi connectivity index (χ2n) is 4.35. The molecule has 0 aromatic carbocycles. The molecule has 0 aromatic rings. The van der Waals surface area contributed by atoms with Gasteiger partial charge in [0, 0.05) is 32.1 Å². The SMILES string of the molecule is O=CN1CCN(C(=O)C2CCSCC2)CC1. The molecule has 2 saturated heterocycles. The third-order valence-electron chi connectivity index (χ3n) is 3.35. The number of amides is 2. The van der Waals surface area contributed by atoms with Crippen LogP contribution in [0.15, 0.2) is 0 Å². The summed E-state index contributed by atoms with van der Waals surface area (Å²) in [6.45, 7) is 2.80. The second kappa shape index (κ2) is 5.57. The first-order valence-corrected chi connectivity index (χ1v) is 7.02. The monoisotopic (exact) mass is 242 g/mol. The van der Waals surface area contributed by atoms with Gasteiger partial charge in [0.25, 0.3) is 0 Å². The minimum absolute atomic E-state index is 0.240. The summed E-state index contributed by atoms with van der Waals surface area (Å²) < 4.78 is 0. The van der Waals surface area contributed by atoms with E-state index in [1.165, 1.54) is 0 Å². The van der Waals surface area contributed by atoms with Crippen molar-refractivity contribution < 1.29 is 9.59 Å². The number of piperazine rings is 1. The number of carbonyl (C=O) groups excluding carboxylic acids is 2. The van der Waals surface area contributed by atoms with Crippen molar-refractivity contribution in [1.29, 1.82) is 0 Å². The van der Waals surface area contributed by atoms with Crippen molar-refractivity contribution in [3.63, 3.8) is 0 Å². The second-order valence-corrected chi connectivity index (χ2v) is 5.58. The number of hydrogen-bond donors (Lipinski definition) is 0. The Morgan fingerprint density at radius 1 is 1.12 bits per heavy atom. The fourth-order valence-corrected chi connectivity index (χ4v) is 3.36. The van der Waals surface area contributed by atoms with Gasteiger partial charge in [-0.25, -0.2) is 0 Å². The van der Waals surface area contributed by atoms with E-state index in [2.05, 4.69) is 0 Å². The lowest BCUT2D eigenvalue weighted by atomic mass is 10.0. The van der Waals surface area contributed by atoms with E-state index in [0.717, 1.165) is 30.8 Å². The van der Waals surface area contributed by atoms with Crippen molar-refractivity contribution in [2.24, 2.45) is 5.92 Å². The van der Waals surface area contributed by atoms with Crippen molar-refractivity contribution in [1.82, 2.24) is 9.80 Å². The predicted molar refractivity (Wildman–Crippen MR) is 64.3 cm³/mol. The minimum Gasteiger partial charge on any atom is -0.342 e. The van der Waals surface area contributed by atoms with E-state index in [4.69, 9.17) is 0 Å². The van der Waals surface area contributed by atoms with Crippen LogP contribution in [0, 0.1) is 5.92 Å². The van der Waals surface area contributed by atoms with Crippen LogP contribution < -0.4 is 0 Å². The number of thioether (sulfide) groups is 1. The average molecular weight is 242 g/mol. The van der Waals surface area contributed by atoms with Gasteiger partial charge >= 0.3 is 0 Å². The maximum Gasteiger partial charge on any atom is 0.225 e. The maximum absolute atomic E-state index is 12.2. The molecule has 0 aromatic heterocycles. The maximum atomic E-state index is 12.2. The van der Waals surface area contributed by atoms with Gasteiger partial charge in [0.1, 0.15) is 0 Å². The van der Waals surface area contributed by atoms with Crippen LogP contribution in [0.2, 0.25) is 0 Å². The molecule has 4 nitrogen and oxygen atoms in total. The van der Waals surface area contributed by atoms with Gasteiger partial charge in [-0.15, -0.1) is 0 Å². The van der Waals surface area contributed by atoms with Crippen LogP contribution in [0.4, 0.5) is 0 Å². The Bertz CT molecular complexity index is 259. The molecule has 90 valence electrons. The summed E-state index contributed by atoms with van der Waals surface area (Å²) in [5.41, 5.74) is 0. The molecule has 0 bridgehead atoms. The Kier molecular flexibility index (Phi) is 4.09. The molecule has 0 unspecified atom stereocenters. The molecule has 0 N–H and O–H groups in total. The Balaban J connectivity index is 1.83. The molecule has 2 amide bonds. The van der Waals surface area contributed by atoms with Crippen LogP contribution in [-0.4, -0.2) is 59.8 Å². The van der Waals surface area contributed by atoms with Gasteiger partial charge in [-0.2, -0.15) is 11.8 Å². The Morgan fingerprint density at radius 2 is 1.75 bits per heavy atom. The molecule has 2 fully saturated rings. The first kappa shape index (κ1) is 11.8. The molecule has 2 rings (SSSR count). The van der Waals surface area contributed by atoms with Crippen molar-refractivity contribution in [3.05, 3.63) is 0 Å². The Hall–Kier alpha value is -0.710. The molecular formula is C11H18N2O2S. The van der Waals surface area contributed by atoms with Gasteiger partial charge in [-0.05, 0) is 24.3 Å². The van der Waals surface area contributed by atoms with Gasteiger partial charge < -0.3 is 9.80 Å². The van der Waals surface area contributed by atoms with Gasteiger partial charge in [-0.1, -0.05) is 0 Å². The van der Waals surface area contributed by atoms with E-state index in [-0.39, 0.29) is 5.92 Å². The fraction of sp³-hybridized carbons (Fsp3) is 0.818. The van der Waals surface area contributed by atoms with Crippen LogP contribution in [0.3, 0.4) is 0 Å². The first-order valence-electron chi connectivity index (χ1n) is 5.87. The van der Waals surface area contributed by atoms with Crippen LogP contribution in [0.1, 0.15) is 12.8 Å². The van der Waals surface area contributed by atoms with Crippen molar-refractivity contribution in [2.45, 2.75) is 12.8 Å². The van der Waals surface area contributed by atoms with E-state index in [0.29, 0.717) is 32.1 Å². The van der Waals surface area contributed by atoms with E-state index < -0.39 is 0 Å². The lowest BCUT2D eigenvalue weighted by molar-refractivity contribution is -0.139. The lowest BCUT2D eigenvalue weighted by Crippen LogP contribution is -2.50. The zero-order valence-electron chi connectivity index (χ0n) is 9.43. The topological polar surface area (TPSA) is 40.6 Å². The number of rotatable bonds is 2. The molecule has 0 spiro atoms. The molecule has 0 saturated carbocycles. The van der Waals surface area contributed by atoms with Crippen LogP contribution >= 0.6 is 11.8 Å². The van der Waals surface area contributed by atoms with Crippen LogP contribution in [0.25, 0.3) is 0 Å². The van der Waals surface area contributed by atoms with Gasteiger partial charge in [0.05, 0.1) is 0 Å². The fourth-order valence-electron chi connectivity index (χ4n) is 2.25. The summed E-state index contributed by atoms with van der Waals surface area (Å²) in [4.78, 5) is 26.4. The van der Waals surface area contributed by atoms with Gasteiger partial charge in [-0.3, -0.25) is 9.59 Å². The summed E-state index contributed by atoms with van der Waals surface area (Å²) >= 11 is 1.94. The predicted octanol–water partition coefficient (Wildman–Crippen LogP) is 0.430. The molecule has 0 aliphatic carbocycles. The lowest BCUT2D eigenvalue weighted by Gasteiger charge is -2.35. The van der Waals surface area contributed by atoms with Crippen LogP contribution in [-0.2, 0) is 9.59 Å². The summed E-state index contributed by atoms with van der Waals surface area (Å²) in [6, 6.07) is 0. The van der Waals surface area contributed by atoms with Crippen molar-refractivity contribution >= 4 is 24.1 Å². The molecule has 16 heavy (non-hydrogen) atoms. The van der Waals surface area contributed by atoms with Gasteiger partial charge in [0.2, 0.25) is 12.3 Å². The third kappa shape index (κ3) is 2.70. The third-order valence-corrected chi connectivity index (χ3v) is 4.39. The van der Waals surface area contributed by atoms with E-state index in [1.54, 1.807) is 4.90 Å². The van der Waals surface area contributed by atoms with Gasteiger partial charge in [0.15, 0.2) is 0 Å². The number of nitrogens with zero attached hydrogens (tertiary/aromatic N) is 2. The quantitative estimate of drug-likeness (QED) is 0.659. The zero-order chi connectivity index (χ0) is 11.4. The molecular weight excluding hydrogens is 224 g/mol. The highest BCUT2D eigenvalue weighted by molar-refractivity contribution is 7.99. The Labute approximate surface area is 100 Å². The summed E-state index contributed by atoms with van der Waals surface area (Å²) in [5.74, 6) is 2.78. The highest BCUT2D eigenvalue weighted by atomic mass is 32.2. The zero-order valence-corrected chi connectivity index (χ0v) is 10.2. The molecule has 0 radical (unpaired) electrons. The average Bonchev–Trinajstić information content (AvgIpc) is 2.39. The number of hydrogen-bond acceptors (Lipinski definition) is 3. The highest BCUT2D eigenvalue weighted by Crippen LogP contribution is 2.24. The summed E-state index contributed by atoms with van der Waals surface area (Å²) in [7, 11) is 0. The summed E-state index contributed by atoms with van der Waals surface area (Å²) in [5, 5.41) is 0. The standard InChI is InChI=1S/C11H18N2O2S/c14-9-12-3-5-13(6-4-12)11(15)10-1-7-16-8-2-10/h9-10H,1-8H2. The van der Waals surface area contributed by atoms with Crippen molar-refractivity contribution in [3.8, 4) is 0 Å². The Morgan fingerprint density at radius 3 is 2.31 bits per heavy atom. The smallest absolute Gasteiger partial charge is 0.225 e. The summed E-state index contributed by atoms with van der Waals surface area (Å²) in [6.07, 6.45) is 2.92. The normalized spacial score (nSPS) is 23.2. The molecule has 2 aliphatic rings. The first-order chi connectivity index (χ1) is 7.81. The van der Waals surface area contributed by atoms with E-state index in [1.807, 2.05) is 16.7 Å². The largest absolute Gasteiger partial charge is 0.342 e. The minimum atomic E-state index is 0.240. The molecule has 2 aliphatic heterocycles. The van der Waals surface area contributed by atoms with E-state index >= 15 is 0 Å². The molecule has 0 atom stereocenters.